The molecule has 1 heterocycles. The third-order valence-electron chi connectivity index (χ3n) is 1.68. The Morgan fingerprint density at radius 3 is 2.75 bits per heavy atom. The van der Waals surface area contributed by atoms with Gasteiger partial charge in [0.2, 0.25) is 0 Å². The second-order valence-electron chi connectivity index (χ2n) is 3.34. The largest absolute Gasteiger partial charge is 0.425 e. The molecule has 1 saturated heterocycles. The first-order chi connectivity index (χ1) is 5.37. The van der Waals surface area contributed by atoms with Crippen LogP contribution in [0.25, 0.3) is 0 Å². The van der Waals surface area contributed by atoms with Crippen molar-refractivity contribution in [2.75, 3.05) is 6.61 Å². The van der Waals surface area contributed by atoms with E-state index in [9.17, 15) is 4.57 Å². The Balaban J connectivity index is 2.82. The molecule has 0 radical (unpaired) electrons. The molecule has 0 spiro atoms. The van der Waals surface area contributed by atoms with Crippen molar-refractivity contribution in [3.05, 3.63) is 0 Å². The first-order valence-corrected chi connectivity index (χ1v) is 5.91. The molecule has 1 rings (SSSR count). The van der Waals surface area contributed by atoms with E-state index in [2.05, 4.69) is 5.92 Å². The van der Waals surface area contributed by atoms with Crippen LogP contribution in [0.2, 0.25) is 0 Å². The van der Waals surface area contributed by atoms with E-state index in [-0.39, 0.29) is 12.0 Å². The molecule has 0 amide bonds. The predicted octanol–water partition coefficient (Wildman–Crippen LogP) is 2.41. The molecule has 1 aliphatic rings. The summed E-state index contributed by atoms with van der Waals surface area (Å²) in [5, 5.41) is 0. The van der Waals surface area contributed by atoms with E-state index in [4.69, 9.17) is 26.7 Å². The zero-order chi connectivity index (χ0) is 9.41. The minimum Gasteiger partial charge on any atom is -0.296 e. The molecule has 1 fully saturated rings. The molecule has 2 atom stereocenters. The van der Waals surface area contributed by atoms with Crippen molar-refractivity contribution in [3.8, 4) is 12.3 Å². The highest BCUT2D eigenvalue weighted by molar-refractivity contribution is 7.81. The Hall–Kier alpha value is -0.0000000000000000208. The maximum atomic E-state index is 11.1. The lowest BCUT2D eigenvalue weighted by atomic mass is 9.88. The molecule has 3 nitrogen and oxygen atoms in total. The minimum absolute atomic E-state index is 0.253. The Kier molecular flexibility index (Phi) is 2.56. The van der Waals surface area contributed by atoms with Gasteiger partial charge in [-0.05, 0) is 0 Å². The average molecular weight is 209 g/mol. The number of hydrogen-bond donors (Lipinski definition) is 0. The first kappa shape index (κ1) is 10.1. The summed E-state index contributed by atoms with van der Waals surface area (Å²) in [5.41, 5.74) is -0.336. The smallest absolute Gasteiger partial charge is 0.296 e. The highest BCUT2D eigenvalue weighted by Gasteiger charge is 2.42. The fourth-order valence-electron chi connectivity index (χ4n) is 0.874. The number of hydrogen-bond acceptors (Lipinski definition) is 3. The summed E-state index contributed by atoms with van der Waals surface area (Å²) in [5.74, 6) is 2.39. The van der Waals surface area contributed by atoms with Crippen LogP contribution < -0.4 is 0 Å². The topological polar surface area (TPSA) is 35.5 Å². The van der Waals surface area contributed by atoms with Gasteiger partial charge in [0.15, 0.2) is 0 Å². The Morgan fingerprint density at radius 1 is 1.75 bits per heavy atom. The SMILES string of the molecule is C#CC1OP(=O)(Cl)OCC1(C)C. The number of terminal acetylenes is 1. The van der Waals surface area contributed by atoms with Gasteiger partial charge in [-0.25, -0.2) is 4.57 Å². The van der Waals surface area contributed by atoms with Gasteiger partial charge in [-0.1, -0.05) is 19.8 Å². The summed E-state index contributed by atoms with van der Waals surface area (Å²) in [6.07, 6.45) is 4.64. The second kappa shape index (κ2) is 3.05. The van der Waals surface area contributed by atoms with E-state index in [1.54, 1.807) is 0 Å². The van der Waals surface area contributed by atoms with Gasteiger partial charge in [0, 0.05) is 16.7 Å². The normalized spacial score (nSPS) is 40.3. The summed E-state index contributed by atoms with van der Waals surface area (Å²) in [4.78, 5) is 0. The van der Waals surface area contributed by atoms with Gasteiger partial charge in [0.05, 0.1) is 6.61 Å². The summed E-state index contributed by atoms with van der Waals surface area (Å²) in [6.45, 7) is 0.580. The van der Waals surface area contributed by atoms with Crippen LogP contribution in [0, 0.1) is 17.8 Å². The zero-order valence-corrected chi connectivity index (χ0v) is 8.56. The van der Waals surface area contributed by atoms with Gasteiger partial charge in [0.25, 0.3) is 0 Å². The quantitative estimate of drug-likeness (QED) is 0.453. The first-order valence-electron chi connectivity index (χ1n) is 3.46. The Labute approximate surface area is 76.7 Å². The van der Waals surface area contributed by atoms with Gasteiger partial charge < -0.3 is 0 Å². The van der Waals surface area contributed by atoms with Crippen LogP contribution in [-0.4, -0.2) is 12.7 Å². The summed E-state index contributed by atoms with van der Waals surface area (Å²) in [6, 6.07) is 0. The molecule has 1 aliphatic heterocycles. The van der Waals surface area contributed by atoms with Gasteiger partial charge in [-0.3, -0.25) is 9.05 Å². The van der Waals surface area contributed by atoms with Crippen molar-refractivity contribution < 1.29 is 13.6 Å². The third-order valence-corrected chi connectivity index (χ3v) is 3.12. The number of halogens is 1. The van der Waals surface area contributed by atoms with Crippen LogP contribution in [0.3, 0.4) is 0 Å². The lowest BCUT2D eigenvalue weighted by Gasteiger charge is -2.36. The van der Waals surface area contributed by atoms with Gasteiger partial charge in [-0.2, -0.15) is 0 Å². The minimum atomic E-state index is -3.41. The van der Waals surface area contributed by atoms with E-state index < -0.39 is 13.1 Å². The molecule has 0 N–H and O–H groups in total. The van der Waals surface area contributed by atoms with E-state index in [1.165, 1.54) is 0 Å². The summed E-state index contributed by atoms with van der Waals surface area (Å²) in [7, 11) is 0. The second-order valence-corrected chi connectivity index (χ2v) is 5.92. The Bertz CT molecular complexity index is 268. The van der Waals surface area contributed by atoms with Gasteiger partial charge in [-0.15, -0.1) is 6.42 Å². The van der Waals surface area contributed by atoms with Crippen molar-refractivity contribution in [1.82, 2.24) is 0 Å². The van der Waals surface area contributed by atoms with Crippen molar-refractivity contribution in [3.63, 3.8) is 0 Å². The van der Waals surface area contributed by atoms with Crippen LogP contribution in [0.1, 0.15) is 13.8 Å². The average Bonchev–Trinajstić information content (AvgIpc) is 1.95. The molecular formula is C7H10ClO3P. The standard InChI is InChI=1S/C7H10ClO3P/c1-4-6-7(2,3)5-10-12(8,9)11-6/h1,6H,5H2,2-3H3. The summed E-state index contributed by atoms with van der Waals surface area (Å²) >= 11 is 5.39. The van der Waals surface area contributed by atoms with Crippen molar-refractivity contribution in [2.24, 2.45) is 5.41 Å². The molecule has 0 aromatic heterocycles. The number of rotatable bonds is 0. The molecule has 68 valence electrons. The molecule has 0 aliphatic carbocycles. The molecule has 2 unspecified atom stereocenters. The molecule has 0 saturated carbocycles. The molecule has 0 aromatic rings. The highest BCUT2D eigenvalue weighted by Crippen LogP contribution is 2.59. The molecule has 5 heteroatoms. The van der Waals surface area contributed by atoms with Crippen molar-refractivity contribution >= 4 is 18.2 Å². The highest BCUT2D eigenvalue weighted by atomic mass is 35.7. The van der Waals surface area contributed by atoms with Gasteiger partial charge >= 0.3 is 6.95 Å². The lowest BCUT2D eigenvalue weighted by Crippen LogP contribution is -2.37. The molecule has 12 heavy (non-hydrogen) atoms. The van der Waals surface area contributed by atoms with Crippen LogP contribution in [0.4, 0.5) is 0 Å². The fraction of sp³-hybridized carbons (Fsp3) is 0.714. The molecule has 0 aromatic carbocycles. The maximum Gasteiger partial charge on any atom is 0.425 e. The maximum absolute atomic E-state index is 11.1. The van der Waals surface area contributed by atoms with E-state index in [0.29, 0.717) is 0 Å². The van der Waals surface area contributed by atoms with Crippen molar-refractivity contribution in [2.45, 2.75) is 20.0 Å². The van der Waals surface area contributed by atoms with E-state index >= 15 is 0 Å². The lowest BCUT2D eigenvalue weighted by molar-refractivity contribution is 0.0126. The predicted molar refractivity (Wildman–Crippen MR) is 46.9 cm³/mol. The van der Waals surface area contributed by atoms with Crippen LogP contribution in [0.5, 0.6) is 0 Å². The van der Waals surface area contributed by atoms with E-state index in [0.717, 1.165) is 0 Å². The van der Waals surface area contributed by atoms with Crippen molar-refractivity contribution in [1.29, 1.82) is 0 Å². The monoisotopic (exact) mass is 208 g/mol. The van der Waals surface area contributed by atoms with Crippen LogP contribution >= 0.6 is 18.2 Å². The van der Waals surface area contributed by atoms with Crippen LogP contribution in [-0.2, 0) is 13.6 Å². The fourth-order valence-corrected chi connectivity index (χ4v) is 2.41. The molecule has 0 bridgehead atoms. The van der Waals surface area contributed by atoms with Crippen LogP contribution in [0.15, 0.2) is 0 Å². The van der Waals surface area contributed by atoms with Gasteiger partial charge in [0.1, 0.15) is 6.10 Å². The van der Waals surface area contributed by atoms with E-state index in [1.807, 2.05) is 13.8 Å². The summed E-state index contributed by atoms with van der Waals surface area (Å²) < 4.78 is 20.8. The zero-order valence-electron chi connectivity index (χ0n) is 6.91. The molecular weight excluding hydrogens is 199 g/mol. The third kappa shape index (κ3) is 2.02. The Morgan fingerprint density at radius 2 is 2.33 bits per heavy atom.